The summed E-state index contributed by atoms with van der Waals surface area (Å²) in [5.74, 6) is 0.335. The molecular weight excluding hydrogens is 564 g/mol. The zero-order valence-electron chi connectivity index (χ0n) is 23.5. The number of amides is 1. The van der Waals surface area contributed by atoms with Crippen molar-refractivity contribution in [1.82, 2.24) is 4.57 Å². The van der Waals surface area contributed by atoms with E-state index in [9.17, 15) is 19.7 Å². The van der Waals surface area contributed by atoms with Gasteiger partial charge in [0.05, 0.1) is 32.3 Å². The molecule has 43 heavy (non-hydrogen) atoms. The Morgan fingerprint density at radius 1 is 1.00 bits per heavy atom. The molecule has 1 aliphatic rings. The van der Waals surface area contributed by atoms with E-state index in [1.54, 1.807) is 60.9 Å². The minimum atomic E-state index is -0.704. The van der Waals surface area contributed by atoms with Gasteiger partial charge >= 0.3 is 0 Å². The van der Waals surface area contributed by atoms with Crippen molar-refractivity contribution in [2.24, 2.45) is 4.99 Å². The summed E-state index contributed by atoms with van der Waals surface area (Å²) in [6.07, 6.45) is 1.60. The van der Waals surface area contributed by atoms with Crippen LogP contribution in [0, 0.1) is 24.0 Å². The molecule has 3 aromatic carbocycles. The second-order valence-electron chi connectivity index (χ2n) is 10.3. The number of benzene rings is 3. The maximum atomic E-state index is 14.0. The number of carbonyl (C=O) groups is 1. The highest BCUT2D eigenvalue weighted by Gasteiger charge is 2.32. The molecule has 1 N–H and O–H groups in total. The van der Waals surface area contributed by atoms with E-state index in [0.29, 0.717) is 43.4 Å². The second-order valence-corrected chi connectivity index (χ2v) is 11.3. The van der Waals surface area contributed by atoms with Gasteiger partial charge in [-0.2, -0.15) is 0 Å². The zero-order valence-corrected chi connectivity index (χ0v) is 24.3. The van der Waals surface area contributed by atoms with E-state index in [1.165, 1.54) is 17.4 Å². The number of nitrogens with zero attached hydrogens (tertiary/aromatic N) is 3. The molecule has 6 rings (SSSR count). The van der Waals surface area contributed by atoms with Crippen LogP contribution in [0.25, 0.3) is 17.4 Å². The van der Waals surface area contributed by atoms with Crippen LogP contribution >= 0.6 is 11.3 Å². The Labute approximate surface area is 249 Å². The number of aromatic nitrogens is 1. The van der Waals surface area contributed by atoms with Gasteiger partial charge in [-0.1, -0.05) is 65.4 Å². The van der Waals surface area contributed by atoms with Gasteiger partial charge in [0.2, 0.25) is 0 Å². The number of anilines is 1. The molecule has 0 aliphatic carbocycles. The zero-order chi connectivity index (χ0) is 30.2. The van der Waals surface area contributed by atoms with Crippen LogP contribution in [0.15, 0.2) is 110 Å². The van der Waals surface area contributed by atoms with E-state index in [0.717, 1.165) is 16.7 Å². The van der Waals surface area contributed by atoms with E-state index in [1.807, 2.05) is 49.4 Å². The van der Waals surface area contributed by atoms with E-state index >= 15 is 0 Å². The van der Waals surface area contributed by atoms with Gasteiger partial charge in [-0.15, -0.1) is 0 Å². The first-order valence-electron chi connectivity index (χ1n) is 13.5. The molecule has 1 unspecified atom stereocenters. The SMILES string of the molecule is CC1=C(C(=O)Nc2ccccc2)C(c2ccc(C)cc2)n2c(s/c(=C\c3ccc(-c4ccc(C)cc4[N+](=O)[O-])o3)c2=O)=N1. The first-order chi connectivity index (χ1) is 20.7. The van der Waals surface area contributed by atoms with Crippen molar-refractivity contribution < 1.29 is 14.1 Å². The van der Waals surface area contributed by atoms with Crippen LogP contribution in [-0.4, -0.2) is 15.4 Å². The Morgan fingerprint density at radius 2 is 1.72 bits per heavy atom. The van der Waals surface area contributed by atoms with Gasteiger partial charge in [0.25, 0.3) is 17.2 Å². The molecule has 0 saturated carbocycles. The summed E-state index contributed by atoms with van der Waals surface area (Å²) in [5, 5.41) is 14.6. The van der Waals surface area contributed by atoms with Crippen molar-refractivity contribution in [2.75, 3.05) is 5.32 Å². The Morgan fingerprint density at radius 3 is 2.44 bits per heavy atom. The molecule has 0 bridgehead atoms. The molecule has 9 nitrogen and oxygen atoms in total. The van der Waals surface area contributed by atoms with Gasteiger partial charge in [0.1, 0.15) is 11.5 Å². The quantitative estimate of drug-likeness (QED) is 0.202. The maximum Gasteiger partial charge on any atom is 0.280 e. The third-order valence-corrected chi connectivity index (χ3v) is 8.19. The first-order valence-corrected chi connectivity index (χ1v) is 14.3. The predicted molar refractivity (Wildman–Crippen MR) is 166 cm³/mol. The number of para-hydroxylation sites is 1. The van der Waals surface area contributed by atoms with E-state index in [-0.39, 0.29) is 17.2 Å². The molecule has 1 atom stereocenters. The van der Waals surface area contributed by atoms with Crippen molar-refractivity contribution in [3.8, 4) is 11.3 Å². The number of hydrogen-bond acceptors (Lipinski definition) is 7. The molecule has 0 fully saturated rings. The lowest BCUT2D eigenvalue weighted by Crippen LogP contribution is -2.40. The molecule has 1 aliphatic heterocycles. The van der Waals surface area contributed by atoms with Crippen LogP contribution in [0.2, 0.25) is 0 Å². The molecule has 0 radical (unpaired) electrons. The molecule has 3 heterocycles. The molecule has 214 valence electrons. The number of carbonyl (C=O) groups excluding carboxylic acids is 1. The summed E-state index contributed by atoms with van der Waals surface area (Å²) in [5.41, 5.74) is 4.07. The molecule has 1 amide bonds. The van der Waals surface area contributed by atoms with E-state index < -0.39 is 11.0 Å². The topological polar surface area (TPSA) is 120 Å². The Hall–Kier alpha value is -5.35. The monoisotopic (exact) mass is 590 g/mol. The average Bonchev–Trinajstić information content (AvgIpc) is 3.57. The number of aryl methyl sites for hydroxylation is 2. The number of thiazole rings is 1. The van der Waals surface area contributed by atoms with Gasteiger partial charge in [-0.05, 0) is 62.2 Å². The lowest BCUT2D eigenvalue weighted by Gasteiger charge is -2.25. The first kappa shape index (κ1) is 27.8. The van der Waals surface area contributed by atoms with Gasteiger partial charge in [-0.3, -0.25) is 24.3 Å². The third kappa shape index (κ3) is 5.35. The van der Waals surface area contributed by atoms with Crippen molar-refractivity contribution in [3.05, 3.63) is 148 Å². The summed E-state index contributed by atoms with van der Waals surface area (Å²) in [6, 6.07) is 24.4. The number of furan rings is 1. The normalized spacial score (nSPS) is 14.8. The van der Waals surface area contributed by atoms with Crippen LogP contribution in [0.5, 0.6) is 0 Å². The van der Waals surface area contributed by atoms with Crippen LogP contribution < -0.4 is 20.2 Å². The summed E-state index contributed by atoms with van der Waals surface area (Å²) >= 11 is 1.19. The molecule has 5 aromatic rings. The van der Waals surface area contributed by atoms with Gasteiger partial charge in [-0.25, -0.2) is 4.99 Å². The number of fused-ring (bicyclic) bond motifs is 1. The molecule has 0 saturated heterocycles. The maximum absolute atomic E-state index is 14.0. The fraction of sp³-hybridized carbons (Fsp3) is 0.121. The largest absolute Gasteiger partial charge is 0.456 e. The summed E-state index contributed by atoms with van der Waals surface area (Å²) in [4.78, 5) is 44.0. The minimum absolute atomic E-state index is 0.0600. The number of allylic oxidation sites excluding steroid dienone is 1. The fourth-order valence-electron chi connectivity index (χ4n) is 5.10. The van der Waals surface area contributed by atoms with Crippen molar-refractivity contribution >= 4 is 34.7 Å². The molecule has 2 aromatic heterocycles. The number of hydrogen-bond donors (Lipinski definition) is 1. The highest BCUT2D eigenvalue weighted by Crippen LogP contribution is 2.33. The second kappa shape index (κ2) is 11.1. The summed E-state index contributed by atoms with van der Waals surface area (Å²) in [6.45, 7) is 5.53. The lowest BCUT2D eigenvalue weighted by atomic mass is 9.94. The smallest absolute Gasteiger partial charge is 0.280 e. The van der Waals surface area contributed by atoms with Crippen LogP contribution in [-0.2, 0) is 4.79 Å². The molecule has 0 spiro atoms. The fourth-order valence-corrected chi connectivity index (χ4v) is 6.13. The third-order valence-electron chi connectivity index (χ3n) is 7.21. The molecular formula is C33H26N4O5S. The predicted octanol–water partition coefficient (Wildman–Crippen LogP) is 5.66. The van der Waals surface area contributed by atoms with Crippen molar-refractivity contribution in [3.63, 3.8) is 0 Å². The Balaban J connectivity index is 1.45. The lowest BCUT2D eigenvalue weighted by molar-refractivity contribution is -0.384. The van der Waals surface area contributed by atoms with Crippen molar-refractivity contribution in [1.29, 1.82) is 0 Å². The summed E-state index contributed by atoms with van der Waals surface area (Å²) in [7, 11) is 0. The highest BCUT2D eigenvalue weighted by molar-refractivity contribution is 7.07. The summed E-state index contributed by atoms with van der Waals surface area (Å²) < 4.78 is 7.85. The standard InChI is InChI=1S/C33H26N4O5S/c1-19-9-12-22(13-10-19)30-29(31(38)35-23-7-5-4-6-8-23)21(3)34-33-36(30)32(39)28(43-33)18-24-14-16-27(42-24)25-15-11-20(2)17-26(25)37(40)41/h4-18,30H,1-3H3,(H,35,38)/b28-18-. The van der Waals surface area contributed by atoms with Crippen LogP contribution in [0.4, 0.5) is 11.4 Å². The van der Waals surface area contributed by atoms with E-state index in [4.69, 9.17) is 4.42 Å². The van der Waals surface area contributed by atoms with E-state index in [2.05, 4.69) is 10.3 Å². The number of rotatable bonds is 6. The highest BCUT2D eigenvalue weighted by atomic mass is 32.1. The van der Waals surface area contributed by atoms with Crippen LogP contribution in [0.3, 0.4) is 0 Å². The van der Waals surface area contributed by atoms with Gasteiger partial charge < -0.3 is 9.73 Å². The minimum Gasteiger partial charge on any atom is -0.456 e. The van der Waals surface area contributed by atoms with Gasteiger partial charge in [0.15, 0.2) is 4.80 Å². The van der Waals surface area contributed by atoms with Gasteiger partial charge in [0, 0.05) is 17.8 Å². The Kier molecular flexibility index (Phi) is 7.21. The number of nitro benzene ring substituents is 1. The van der Waals surface area contributed by atoms with Crippen LogP contribution in [0.1, 0.15) is 35.4 Å². The average molecular weight is 591 g/mol. The Bertz CT molecular complexity index is 2100. The number of nitrogens with one attached hydrogen (secondary N) is 1. The number of nitro groups is 1. The van der Waals surface area contributed by atoms with Crippen molar-refractivity contribution in [2.45, 2.75) is 26.8 Å². The molecule has 10 heteroatoms.